The number of esters is 1. The molecule has 0 aliphatic heterocycles. The van der Waals surface area contributed by atoms with Crippen LogP contribution in [0.25, 0.3) is 0 Å². The van der Waals surface area contributed by atoms with Crippen LogP contribution in [0, 0.1) is 0 Å². The number of phenolic OH excluding ortho intramolecular Hbond substituents is 1. The van der Waals surface area contributed by atoms with Crippen molar-refractivity contribution in [1.82, 2.24) is 4.98 Å². The first-order chi connectivity index (χ1) is 15.6. The Hall–Kier alpha value is -3.79. The molecule has 1 heterocycles. The first kappa shape index (κ1) is 21.4. The lowest BCUT2D eigenvalue weighted by atomic mass is 9.87. The van der Waals surface area contributed by atoms with Crippen molar-refractivity contribution in [1.29, 1.82) is 0 Å². The molecule has 1 unspecified atom stereocenters. The van der Waals surface area contributed by atoms with E-state index in [1.54, 1.807) is 0 Å². The van der Waals surface area contributed by atoms with Gasteiger partial charge in [0.25, 0.3) is 0 Å². The highest BCUT2D eigenvalue weighted by Crippen LogP contribution is 2.31. The number of hydrogen-bond acceptors (Lipinski definition) is 3. The van der Waals surface area contributed by atoms with Gasteiger partial charge >= 0.3 is 5.97 Å². The van der Waals surface area contributed by atoms with E-state index in [4.69, 9.17) is 4.74 Å². The maximum Gasteiger partial charge on any atom is 0.309 e. The molecular weight excluding hydrogens is 398 g/mol. The molecule has 4 aromatic rings. The normalized spacial score (nSPS) is 11.8. The Morgan fingerprint density at radius 3 is 2.44 bits per heavy atom. The van der Waals surface area contributed by atoms with E-state index < -0.39 is 0 Å². The molecule has 0 aliphatic rings. The number of phenols is 1. The second-order valence-electron chi connectivity index (χ2n) is 8.01. The monoisotopic (exact) mass is 425 g/mol. The SMILES string of the molecule is COC(=O)Cc1cccc(C(Cc2ccc(Cc3ccccc3)c(O)c2)c2ccc[nH]2)c1. The Bertz CT molecular complexity index is 1170. The van der Waals surface area contributed by atoms with Crippen LogP contribution in [-0.4, -0.2) is 23.2 Å². The number of rotatable bonds is 8. The molecule has 2 N–H and O–H groups in total. The van der Waals surface area contributed by atoms with Crippen LogP contribution in [0.1, 0.15) is 39.4 Å². The van der Waals surface area contributed by atoms with Crippen molar-refractivity contribution in [3.8, 4) is 5.75 Å². The van der Waals surface area contributed by atoms with Crippen molar-refractivity contribution < 1.29 is 14.6 Å². The van der Waals surface area contributed by atoms with Gasteiger partial charge in [0.05, 0.1) is 13.5 Å². The summed E-state index contributed by atoms with van der Waals surface area (Å²) in [4.78, 5) is 15.1. The first-order valence-electron chi connectivity index (χ1n) is 10.8. The number of H-pyrrole nitrogens is 1. The lowest BCUT2D eigenvalue weighted by molar-refractivity contribution is -0.139. The van der Waals surface area contributed by atoms with Gasteiger partial charge in [0.2, 0.25) is 0 Å². The van der Waals surface area contributed by atoms with E-state index in [1.165, 1.54) is 12.7 Å². The third kappa shape index (κ3) is 5.27. The maximum atomic E-state index is 11.7. The number of hydrogen-bond donors (Lipinski definition) is 2. The molecule has 0 bridgehead atoms. The molecule has 1 aromatic heterocycles. The minimum atomic E-state index is -0.252. The molecule has 1 atom stereocenters. The summed E-state index contributed by atoms with van der Waals surface area (Å²) in [5.74, 6) is 0.135. The van der Waals surface area contributed by atoms with Gasteiger partial charge in [0.1, 0.15) is 5.75 Å². The fourth-order valence-corrected chi connectivity index (χ4v) is 4.06. The second kappa shape index (κ2) is 10.0. The summed E-state index contributed by atoms with van der Waals surface area (Å²) in [6, 6.07) is 28.2. The van der Waals surface area contributed by atoms with Gasteiger partial charge in [-0.3, -0.25) is 4.79 Å². The van der Waals surface area contributed by atoms with Crippen molar-refractivity contribution in [2.24, 2.45) is 0 Å². The Labute approximate surface area is 188 Å². The quantitative estimate of drug-likeness (QED) is 0.372. The van der Waals surface area contributed by atoms with Gasteiger partial charge in [-0.2, -0.15) is 0 Å². The van der Waals surface area contributed by atoms with Gasteiger partial charge in [-0.05, 0) is 52.4 Å². The van der Waals surface area contributed by atoms with E-state index in [-0.39, 0.29) is 18.3 Å². The molecule has 4 nitrogen and oxygen atoms in total. The summed E-state index contributed by atoms with van der Waals surface area (Å²) < 4.78 is 4.82. The summed E-state index contributed by atoms with van der Waals surface area (Å²) in [6.07, 6.45) is 3.59. The standard InChI is InChI=1S/C28H27NO3/c1-32-28(31)19-21-9-5-10-23(16-21)25(26-11-6-14-29-26)17-22-12-13-24(27(30)18-22)15-20-7-3-2-4-8-20/h2-14,16,18,25,29-30H,15,17,19H2,1H3. The summed E-state index contributed by atoms with van der Waals surface area (Å²) >= 11 is 0. The van der Waals surface area contributed by atoms with Crippen LogP contribution < -0.4 is 0 Å². The van der Waals surface area contributed by atoms with E-state index in [1.807, 2.05) is 54.7 Å². The second-order valence-corrected chi connectivity index (χ2v) is 8.01. The van der Waals surface area contributed by atoms with Crippen LogP contribution in [0.3, 0.4) is 0 Å². The number of aromatic nitrogens is 1. The number of benzene rings is 3. The number of ether oxygens (including phenoxy) is 1. The van der Waals surface area contributed by atoms with Crippen LogP contribution in [-0.2, 0) is 28.8 Å². The van der Waals surface area contributed by atoms with Crippen molar-refractivity contribution >= 4 is 5.97 Å². The van der Waals surface area contributed by atoms with Gasteiger partial charge < -0.3 is 14.8 Å². The van der Waals surface area contributed by atoms with Crippen molar-refractivity contribution in [2.75, 3.05) is 7.11 Å². The Kier molecular flexibility index (Phi) is 6.71. The Morgan fingerprint density at radius 2 is 1.72 bits per heavy atom. The zero-order valence-electron chi connectivity index (χ0n) is 18.1. The van der Waals surface area contributed by atoms with Crippen molar-refractivity contribution in [2.45, 2.75) is 25.2 Å². The highest BCUT2D eigenvalue weighted by atomic mass is 16.5. The largest absolute Gasteiger partial charge is 0.508 e. The molecule has 162 valence electrons. The van der Waals surface area contributed by atoms with Gasteiger partial charge in [-0.15, -0.1) is 0 Å². The highest BCUT2D eigenvalue weighted by Gasteiger charge is 2.18. The highest BCUT2D eigenvalue weighted by molar-refractivity contribution is 5.72. The minimum absolute atomic E-state index is 0.0713. The zero-order valence-corrected chi connectivity index (χ0v) is 18.1. The number of nitrogens with one attached hydrogen (secondary N) is 1. The molecule has 0 spiro atoms. The fourth-order valence-electron chi connectivity index (χ4n) is 4.06. The Balaban J connectivity index is 1.58. The smallest absolute Gasteiger partial charge is 0.309 e. The number of carbonyl (C=O) groups excluding carboxylic acids is 1. The predicted molar refractivity (Wildman–Crippen MR) is 126 cm³/mol. The van der Waals surface area contributed by atoms with Crippen molar-refractivity contribution in [3.63, 3.8) is 0 Å². The maximum absolute atomic E-state index is 11.7. The molecule has 4 heteroatoms. The van der Waals surface area contributed by atoms with Gasteiger partial charge in [0, 0.05) is 24.2 Å². The molecule has 4 rings (SSSR count). The third-order valence-electron chi connectivity index (χ3n) is 5.75. The lowest BCUT2D eigenvalue weighted by Crippen LogP contribution is -2.08. The van der Waals surface area contributed by atoms with Gasteiger partial charge in [-0.1, -0.05) is 66.7 Å². The van der Waals surface area contributed by atoms with E-state index in [0.717, 1.165) is 34.4 Å². The summed E-state index contributed by atoms with van der Waals surface area (Å²) in [5, 5.41) is 10.7. The molecule has 3 aromatic carbocycles. The molecule has 0 aliphatic carbocycles. The summed E-state index contributed by atoms with van der Waals surface area (Å²) in [5.41, 5.74) is 6.26. The first-order valence-corrected chi connectivity index (χ1v) is 10.8. The molecule has 0 amide bonds. The summed E-state index contributed by atoms with van der Waals surface area (Å²) in [7, 11) is 1.40. The van der Waals surface area contributed by atoms with Crippen LogP contribution in [0.5, 0.6) is 5.75 Å². The molecule has 32 heavy (non-hydrogen) atoms. The summed E-state index contributed by atoms with van der Waals surface area (Å²) in [6.45, 7) is 0. The van der Waals surface area contributed by atoms with Crippen molar-refractivity contribution in [3.05, 3.63) is 125 Å². The topological polar surface area (TPSA) is 62.3 Å². The third-order valence-corrected chi connectivity index (χ3v) is 5.75. The lowest BCUT2D eigenvalue weighted by Gasteiger charge is -2.18. The average Bonchev–Trinajstić information content (AvgIpc) is 3.34. The minimum Gasteiger partial charge on any atom is -0.508 e. The molecule has 0 saturated carbocycles. The van der Waals surface area contributed by atoms with E-state index in [9.17, 15) is 9.90 Å². The van der Waals surface area contributed by atoms with E-state index in [2.05, 4.69) is 41.4 Å². The molecule has 0 radical (unpaired) electrons. The van der Waals surface area contributed by atoms with E-state index >= 15 is 0 Å². The fraction of sp³-hybridized carbons (Fsp3) is 0.179. The number of aromatic amines is 1. The number of methoxy groups -OCH3 is 1. The van der Waals surface area contributed by atoms with Gasteiger partial charge in [0.15, 0.2) is 0 Å². The molecule has 0 fully saturated rings. The van der Waals surface area contributed by atoms with Crippen LogP contribution >= 0.6 is 0 Å². The van der Waals surface area contributed by atoms with Gasteiger partial charge in [-0.25, -0.2) is 0 Å². The van der Waals surface area contributed by atoms with Crippen LogP contribution in [0.15, 0.2) is 91.1 Å². The van der Waals surface area contributed by atoms with Crippen LogP contribution in [0.2, 0.25) is 0 Å². The molecular formula is C28H27NO3. The zero-order chi connectivity index (χ0) is 22.3. The molecule has 0 saturated heterocycles. The number of carbonyl (C=O) groups is 1. The van der Waals surface area contributed by atoms with Crippen LogP contribution in [0.4, 0.5) is 0 Å². The predicted octanol–water partition coefficient (Wildman–Crippen LogP) is 5.40. The number of aromatic hydroxyl groups is 1. The van der Waals surface area contributed by atoms with E-state index in [0.29, 0.717) is 12.2 Å². The Morgan fingerprint density at radius 1 is 0.906 bits per heavy atom. The average molecular weight is 426 g/mol.